The Balaban J connectivity index is 1.71. The van der Waals surface area contributed by atoms with Crippen molar-refractivity contribution in [2.45, 2.75) is 33.1 Å². The first kappa shape index (κ1) is 29.9. The van der Waals surface area contributed by atoms with Crippen LogP contribution >= 0.6 is 11.6 Å². The molecule has 4 rings (SSSR count). The van der Waals surface area contributed by atoms with E-state index in [9.17, 15) is 27.2 Å². The van der Waals surface area contributed by atoms with Gasteiger partial charge in [0.15, 0.2) is 5.82 Å². The predicted molar refractivity (Wildman–Crippen MR) is 148 cm³/mol. The second-order valence-electron chi connectivity index (χ2n) is 9.94. The average molecular weight is 591 g/mol. The molecule has 0 fully saturated rings. The number of nitrogens with one attached hydrogen (secondary N) is 2. The monoisotopic (exact) mass is 590 g/mol. The summed E-state index contributed by atoms with van der Waals surface area (Å²) in [5.41, 5.74) is 0.390. The third kappa shape index (κ3) is 7.39. The lowest BCUT2D eigenvalue weighted by atomic mass is 9.98. The summed E-state index contributed by atoms with van der Waals surface area (Å²) in [5.74, 6) is -0.743. The van der Waals surface area contributed by atoms with Gasteiger partial charge in [0.2, 0.25) is 0 Å². The molecule has 0 radical (unpaired) electrons. The maximum absolute atomic E-state index is 14.2. The van der Waals surface area contributed by atoms with Crippen molar-refractivity contribution in [3.8, 4) is 22.5 Å². The predicted octanol–water partition coefficient (Wildman–Crippen LogP) is 5.66. The molecule has 0 saturated heterocycles. The number of hydrogen-bond acceptors (Lipinski definition) is 5. The van der Waals surface area contributed by atoms with Crippen LogP contribution in [0.25, 0.3) is 22.5 Å². The highest BCUT2D eigenvalue weighted by Gasteiger charge is 2.29. The van der Waals surface area contributed by atoms with Crippen molar-refractivity contribution in [3.63, 3.8) is 0 Å². The van der Waals surface area contributed by atoms with E-state index >= 15 is 0 Å². The minimum absolute atomic E-state index is 0.104. The molecule has 0 aliphatic heterocycles. The number of alkyl halides is 3. The molecule has 4 aromatic rings. The van der Waals surface area contributed by atoms with Crippen molar-refractivity contribution in [2.75, 3.05) is 11.9 Å². The molecule has 0 saturated carbocycles. The van der Waals surface area contributed by atoms with Gasteiger partial charge in [-0.15, -0.1) is 10.2 Å². The first-order valence-electron chi connectivity index (χ1n) is 12.6. The van der Waals surface area contributed by atoms with E-state index in [0.717, 1.165) is 6.20 Å². The fraction of sp³-hybridized carbons (Fsp3) is 0.286. The number of halogens is 5. The van der Waals surface area contributed by atoms with Crippen LogP contribution in [0.2, 0.25) is 5.02 Å². The van der Waals surface area contributed by atoms with Crippen molar-refractivity contribution >= 4 is 23.2 Å². The third-order valence-electron chi connectivity index (χ3n) is 6.08. The summed E-state index contributed by atoms with van der Waals surface area (Å²) in [6.45, 7) is 3.13. The van der Waals surface area contributed by atoms with E-state index in [0.29, 0.717) is 39.2 Å². The molecule has 2 heterocycles. The van der Waals surface area contributed by atoms with Crippen molar-refractivity contribution < 1.29 is 22.4 Å². The van der Waals surface area contributed by atoms with E-state index in [2.05, 4.69) is 20.8 Å². The number of carbonyl (C=O) groups excluding carboxylic acids is 1. The van der Waals surface area contributed by atoms with E-state index in [4.69, 9.17) is 11.6 Å². The Morgan fingerprint density at radius 3 is 2.51 bits per heavy atom. The zero-order chi connectivity index (χ0) is 29.9. The molecule has 2 aromatic carbocycles. The van der Waals surface area contributed by atoms with Gasteiger partial charge in [-0.2, -0.15) is 13.2 Å². The zero-order valence-electron chi connectivity index (χ0n) is 22.4. The highest BCUT2D eigenvalue weighted by atomic mass is 35.5. The topological polar surface area (TPSA) is 93.8 Å². The maximum Gasteiger partial charge on any atom is 0.406 e. The van der Waals surface area contributed by atoms with Crippen LogP contribution in [0.4, 0.5) is 23.2 Å². The number of rotatable bonds is 9. The fourth-order valence-electron chi connectivity index (χ4n) is 4.23. The van der Waals surface area contributed by atoms with Crippen LogP contribution in [0.15, 0.2) is 59.8 Å². The van der Waals surface area contributed by atoms with Crippen LogP contribution in [-0.4, -0.2) is 38.0 Å². The van der Waals surface area contributed by atoms with E-state index in [1.54, 1.807) is 17.7 Å². The summed E-state index contributed by atoms with van der Waals surface area (Å²) in [6.07, 6.45) is -2.11. The highest BCUT2D eigenvalue weighted by Crippen LogP contribution is 2.35. The van der Waals surface area contributed by atoms with Gasteiger partial charge in [-0.05, 0) is 59.5 Å². The Morgan fingerprint density at radius 2 is 1.85 bits per heavy atom. The molecule has 2 aromatic heterocycles. The molecule has 2 N–H and O–H groups in total. The number of aryl methyl sites for hydroxylation is 1. The summed E-state index contributed by atoms with van der Waals surface area (Å²) < 4.78 is 55.9. The zero-order valence-corrected chi connectivity index (χ0v) is 23.1. The number of nitrogens with zero attached hydrogens (tertiary/aromatic N) is 4. The van der Waals surface area contributed by atoms with Gasteiger partial charge >= 0.3 is 6.18 Å². The minimum Gasteiger partial charge on any atom is -0.320 e. The summed E-state index contributed by atoms with van der Waals surface area (Å²) in [5, 5.41) is 13.7. The van der Waals surface area contributed by atoms with Crippen LogP contribution in [0.3, 0.4) is 0 Å². The van der Waals surface area contributed by atoms with E-state index < -0.39 is 35.6 Å². The van der Waals surface area contributed by atoms with Gasteiger partial charge in [0.1, 0.15) is 24.3 Å². The standard InChI is InChI=1S/C28H27ClF4N6O2/c1-16(2)11-34-12-17-8-22(27(41)39(13-17)14-28(31,32)33)26(40)36-24-9-18(4-7-23(24)29)20-6-5-19(30)10-21(20)25-37-35-15-38(25)3/h4-10,13,15-16,34H,11-12,14H2,1-3H3,(H,36,40). The molecule has 0 spiro atoms. The van der Waals surface area contributed by atoms with Crippen LogP contribution in [-0.2, 0) is 20.1 Å². The van der Waals surface area contributed by atoms with Gasteiger partial charge < -0.3 is 19.8 Å². The largest absolute Gasteiger partial charge is 0.406 e. The first-order valence-corrected chi connectivity index (χ1v) is 13.0. The number of carbonyl (C=O) groups is 1. The highest BCUT2D eigenvalue weighted by molar-refractivity contribution is 6.34. The quantitative estimate of drug-likeness (QED) is 0.245. The number of benzene rings is 2. The summed E-state index contributed by atoms with van der Waals surface area (Å²) >= 11 is 6.35. The Morgan fingerprint density at radius 1 is 1.10 bits per heavy atom. The fourth-order valence-corrected chi connectivity index (χ4v) is 4.40. The van der Waals surface area contributed by atoms with E-state index in [1.807, 2.05) is 13.8 Å². The van der Waals surface area contributed by atoms with Gasteiger partial charge in [-0.1, -0.05) is 37.6 Å². The van der Waals surface area contributed by atoms with Gasteiger partial charge in [-0.25, -0.2) is 4.39 Å². The molecular weight excluding hydrogens is 564 g/mol. The lowest BCUT2D eigenvalue weighted by molar-refractivity contribution is -0.141. The normalized spacial score (nSPS) is 11.7. The molecule has 0 unspecified atom stereocenters. The summed E-state index contributed by atoms with van der Waals surface area (Å²) in [7, 11) is 1.70. The SMILES string of the molecule is CC(C)CNCc1cc(C(=O)Nc2cc(-c3ccc(F)cc3-c3nncn3C)ccc2Cl)c(=O)n(CC(F)(F)F)c1. The molecule has 41 heavy (non-hydrogen) atoms. The Bertz CT molecular complexity index is 1630. The molecular formula is C28H27ClF4N6O2. The first-order chi connectivity index (χ1) is 19.3. The molecule has 0 aliphatic carbocycles. The summed E-state index contributed by atoms with van der Waals surface area (Å²) in [4.78, 5) is 26.2. The van der Waals surface area contributed by atoms with Gasteiger partial charge in [-0.3, -0.25) is 9.59 Å². The second-order valence-corrected chi connectivity index (χ2v) is 10.3. The second kappa shape index (κ2) is 12.2. The van der Waals surface area contributed by atoms with Crippen LogP contribution in [0, 0.1) is 11.7 Å². The molecule has 13 heteroatoms. The number of pyridine rings is 1. The number of amides is 1. The van der Waals surface area contributed by atoms with E-state index in [1.165, 1.54) is 42.7 Å². The number of hydrogen-bond donors (Lipinski definition) is 2. The molecule has 0 bridgehead atoms. The lowest BCUT2D eigenvalue weighted by Gasteiger charge is -2.16. The Hall–Kier alpha value is -4.03. The summed E-state index contributed by atoms with van der Waals surface area (Å²) in [6, 6.07) is 10.1. The lowest BCUT2D eigenvalue weighted by Crippen LogP contribution is -2.34. The van der Waals surface area contributed by atoms with Crippen LogP contribution in [0.5, 0.6) is 0 Å². The third-order valence-corrected chi connectivity index (χ3v) is 6.41. The van der Waals surface area contributed by atoms with Crippen molar-refractivity contribution in [2.24, 2.45) is 13.0 Å². The van der Waals surface area contributed by atoms with Crippen LogP contribution in [0.1, 0.15) is 29.8 Å². The Labute approximate surface area is 238 Å². The molecule has 0 atom stereocenters. The van der Waals surface area contributed by atoms with E-state index in [-0.39, 0.29) is 23.2 Å². The van der Waals surface area contributed by atoms with Gasteiger partial charge in [0.25, 0.3) is 11.5 Å². The number of anilines is 1. The molecule has 8 nitrogen and oxygen atoms in total. The van der Waals surface area contributed by atoms with Gasteiger partial charge in [0, 0.05) is 25.4 Å². The minimum atomic E-state index is -4.67. The number of aromatic nitrogens is 4. The van der Waals surface area contributed by atoms with Crippen LogP contribution < -0.4 is 16.2 Å². The average Bonchev–Trinajstić information content (AvgIpc) is 3.31. The Kier molecular flexibility index (Phi) is 8.93. The van der Waals surface area contributed by atoms with Crippen molar-refractivity contribution in [1.82, 2.24) is 24.6 Å². The smallest absolute Gasteiger partial charge is 0.320 e. The van der Waals surface area contributed by atoms with Crippen molar-refractivity contribution in [1.29, 1.82) is 0 Å². The molecule has 216 valence electrons. The maximum atomic E-state index is 14.2. The molecule has 1 amide bonds. The van der Waals surface area contributed by atoms with Gasteiger partial charge in [0.05, 0.1) is 10.7 Å². The van der Waals surface area contributed by atoms with Crippen molar-refractivity contribution in [3.05, 3.63) is 87.3 Å². The molecule has 0 aliphatic rings.